The molecule has 0 atom stereocenters. The summed E-state index contributed by atoms with van der Waals surface area (Å²) in [5.41, 5.74) is 0. The Morgan fingerprint density at radius 2 is 2.00 bits per heavy atom. The van der Waals surface area contributed by atoms with Crippen molar-refractivity contribution in [3.63, 3.8) is 0 Å². The molecule has 0 saturated carbocycles. The molecule has 0 spiro atoms. The second-order valence-corrected chi connectivity index (χ2v) is 6.05. The molecule has 0 aromatic rings. The van der Waals surface area contributed by atoms with Gasteiger partial charge in [-0.2, -0.15) is 0 Å². The van der Waals surface area contributed by atoms with Gasteiger partial charge in [-0.15, -0.1) is 0 Å². The van der Waals surface area contributed by atoms with Crippen molar-refractivity contribution >= 4 is 16.0 Å². The van der Waals surface area contributed by atoms with Crippen LogP contribution in [-0.4, -0.2) is 56.8 Å². The number of carbonyl (C=O) groups is 1. The summed E-state index contributed by atoms with van der Waals surface area (Å²) in [6.45, 7) is 2.28. The topological polar surface area (TPSA) is 86.7 Å². The van der Waals surface area contributed by atoms with Crippen LogP contribution < -0.4 is 4.72 Å². The van der Waals surface area contributed by atoms with E-state index in [0.29, 0.717) is 12.5 Å². The fourth-order valence-electron chi connectivity index (χ4n) is 1.72. The molecular formula is C9H18N2O4S. The van der Waals surface area contributed by atoms with E-state index in [4.69, 9.17) is 5.11 Å². The first kappa shape index (κ1) is 13.4. The summed E-state index contributed by atoms with van der Waals surface area (Å²) in [6, 6.07) is 0. The summed E-state index contributed by atoms with van der Waals surface area (Å²) in [7, 11) is -1.62. The van der Waals surface area contributed by atoms with Gasteiger partial charge in [0, 0.05) is 6.54 Å². The van der Waals surface area contributed by atoms with Crippen LogP contribution in [-0.2, 0) is 14.8 Å². The van der Waals surface area contributed by atoms with Crippen molar-refractivity contribution in [1.82, 2.24) is 9.62 Å². The van der Waals surface area contributed by atoms with Crippen LogP contribution in [0.2, 0.25) is 0 Å². The van der Waals surface area contributed by atoms with Gasteiger partial charge < -0.3 is 10.0 Å². The number of carboxylic acids is 1. The fraction of sp³-hybridized carbons (Fsp3) is 0.889. The van der Waals surface area contributed by atoms with E-state index in [-0.39, 0.29) is 0 Å². The Hall–Kier alpha value is -0.660. The summed E-state index contributed by atoms with van der Waals surface area (Å²) in [5, 5.41) is 8.39. The lowest BCUT2D eigenvalue weighted by Gasteiger charge is -2.28. The molecule has 1 saturated heterocycles. The largest absolute Gasteiger partial charge is 0.480 e. The summed E-state index contributed by atoms with van der Waals surface area (Å²) >= 11 is 0. The average molecular weight is 250 g/mol. The van der Waals surface area contributed by atoms with Crippen molar-refractivity contribution in [3.8, 4) is 0 Å². The molecule has 7 heteroatoms. The Balaban J connectivity index is 2.31. The Labute approximate surface area is 95.7 Å². The second-order valence-electron chi connectivity index (χ2n) is 4.25. The maximum Gasteiger partial charge on any atom is 0.320 e. The number of hydrogen-bond acceptors (Lipinski definition) is 4. The monoisotopic (exact) mass is 250 g/mol. The third-order valence-electron chi connectivity index (χ3n) is 2.74. The highest BCUT2D eigenvalue weighted by molar-refractivity contribution is 7.90. The minimum Gasteiger partial charge on any atom is -0.480 e. The number of sulfonamides is 1. The van der Waals surface area contributed by atoms with E-state index in [2.05, 4.69) is 9.62 Å². The molecule has 0 aliphatic carbocycles. The van der Waals surface area contributed by atoms with E-state index in [0.717, 1.165) is 25.9 Å². The van der Waals surface area contributed by atoms with Crippen LogP contribution in [0.25, 0.3) is 0 Å². The van der Waals surface area contributed by atoms with Gasteiger partial charge >= 0.3 is 5.97 Å². The Kier molecular flexibility index (Phi) is 4.69. The molecule has 1 heterocycles. The number of aliphatic carboxylic acids is 1. The zero-order chi connectivity index (χ0) is 12.2. The molecule has 0 radical (unpaired) electrons. The van der Waals surface area contributed by atoms with Crippen molar-refractivity contribution < 1.29 is 18.3 Å². The molecule has 1 rings (SSSR count). The molecule has 16 heavy (non-hydrogen) atoms. The zero-order valence-electron chi connectivity index (χ0n) is 9.35. The van der Waals surface area contributed by atoms with E-state index < -0.39 is 21.7 Å². The zero-order valence-corrected chi connectivity index (χ0v) is 10.2. The lowest BCUT2D eigenvalue weighted by molar-refractivity contribution is -0.134. The number of nitrogens with one attached hydrogen (secondary N) is 1. The van der Waals surface area contributed by atoms with E-state index in [9.17, 15) is 13.2 Å². The predicted molar refractivity (Wildman–Crippen MR) is 59.6 cm³/mol. The lowest BCUT2D eigenvalue weighted by Crippen LogP contribution is -2.38. The number of nitrogens with zero attached hydrogens (tertiary/aromatic N) is 1. The molecule has 0 unspecified atom stereocenters. The first-order valence-corrected chi connectivity index (χ1v) is 6.92. The van der Waals surface area contributed by atoms with Gasteiger partial charge in [0.1, 0.15) is 0 Å². The van der Waals surface area contributed by atoms with Crippen molar-refractivity contribution in [3.05, 3.63) is 0 Å². The fourth-order valence-corrected chi connectivity index (χ4v) is 2.64. The van der Waals surface area contributed by atoms with Crippen molar-refractivity contribution in [2.75, 3.05) is 32.4 Å². The quantitative estimate of drug-likeness (QED) is 0.676. The number of likely N-dealkylation sites (tertiary alicyclic amines) is 1. The van der Waals surface area contributed by atoms with Gasteiger partial charge in [-0.25, -0.2) is 13.1 Å². The van der Waals surface area contributed by atoms with Crippen molar-refractivity contribution in [2.24, 2.45) is 5.92 Å². The number of carboxylic acid groups (broad SMARTS) is 1. The molecular weight excluding hydrogens is 232 g/mol. The molecule has 2 N–H and O–H groups in total. The Morgan fingerprint density at radius 1 is 1.44 bits per heavy atom. The highest BCUT2D eigenvalue weighted by Gasteiger charge is 2.20. The smallest absolute Gasteiger partial charge is 0.320 e. The SMILES string of the molecule is CN1CCC(CNS(=O)(=O)CC(=O)O)CC1. The van der Waals surface area contributed by atoms with Crippen LogP contribution in [0.1, 0.15) is 12.8 Å². The molecule has 1 aliphatic rings. The highest BCUT2D eigenvalue weighted by atomic mass is 32.2. The summed E-state index contributed by atoms with van der Waals surface area (Å²) in [6.07, 6.45) is 1.90. The first-order chi connectivity index (χ1) is 7.39. The summed E-state index contributed by atoms with van der Waals surface area (Å²) < 4.78 is 24.8. The molecule has 0 aromatic heterocycles. The van der Waals surface area contributed by atoms with Crippen LogP contribution in [0.4, 0.5) is 0 Å². The predicted octanol–water partition coefficient (Wildman–Crippen LogP) is -0.668. The lowest BCUT2D eigenvalue weighted by atomic mass is 9.98. The molecule has 6 nitrogen and oxygen atoms in total. The van der Waals surface area contributed by atoms with E-state index in [1.165, 1.54) is 0 Å². The van der Waals surface area contributed by atoms with Crippen LogP contribution >= 0.6 is 0 Å². The van der Waals surface area contributed by atoms with Crippen molar-refractivity contribution in [1.29, 1.82) is 0 Å². The van der Waals surface area contributed by atoms with E-state index in [1.807, 2.05) is 7.05 Å². The molecule has 0 aromatic carbocycles. The number of hydrogen-bond donors (Lipinski definition) is 2. The maximum atomic E-state index is 11.2. The third-order valence-corrected chi connectivity index (χ3v) is 3.98. The normalized spacial score (nSPS) is 19.8. The molecule has 94 valence electrons. The number of piperidine rings is 1. The molecule has 0 amide bonds. The maximum absolute atomic E-state index is 11.2. The van der Waals surface area contributed by atoms with E-state index >= 15 is 0 Å². The first-order valence-electron chi connectivity index (χ1n) is 5.27. The number of rotatable bonds is 5. The highest BCUT2D eigenvalue weighted by Crippen LogP contribution is 2.14. The van der Waals surface area contributed by atoms with Gasteiger partial charge in [-0.3, -0.25) is 4.79 Å². The molecule has 1 fully saturated rings. The third kappa shape index (κ3) is 4.91. The van der Waals surface area contributed by atoms with Crippen LogP contribution in [0, 0.1) is 5.92 Å². The van der Waals surface area contributed by atoms with E-state index in [1.54, 1.807) is 0 Å². The van der Waals surface area contributed by atoms with Gasteiger partial charge in [-0.05, 0) is 38.9 Å². The van der Waals surface area contributed by atoms with Gasteiger partial charge in [0.25, 0.3) is 0 Å². The average Bonchev–Trinajstić information content (AvgIpc) is 2.15. The minimum atomic E-state index is -3.66. The standard InChI is InChI=1S/C9H18N2O4S/c1-11-4-2-8(3-5-11)6-10-16(14,15)7-9(12)13/h8,10H,2-7H2,1H3,(H,12,13). The molecule has 1 aliphatic heterocycles. The molecule has 0 bridgehead atoms. The van der Waals surface area contributed by atoms with Crippen LogP contribution in [0.3, 0.4) is 0 Å². The Morgan fingerprint density at radius 3 is 2.50 bits per heavy atom. The second kappa shape index (κ2) is 5.60. The summed E-state index contributed by atoms with van der Waals surface area (Å²) in [5.74, 6) is -1.85. The van der Waals surface area contributed by atoms with Gasteiger partial charge in [0.2, 0.25) is 10.0 Å². The van der Waals surface area contributed by atoms with Gasteiger partial charge in [0.05, 0.1) is 0 Å². The van der Waals surface area contributed by atoms with Gasteiger partial charge in [0.15, 0.2) is 5.75 Å². The van der Waals surface area contributed by atoms with Crippen molar-refractivity contribution in [2.45, 2.75) is 12.8 Å². The van der Waals surface area contributed by atoms with Crippen LogP contribution in [0.15, 0.2) is 0 Å². The van der Waals surface area contributed by atoms with Crippen LogP contribution in [0.5, 0.6) is 0 Å². The minimum absolute atomic E-state index is 0.319. The summed E-state index contributed by atoms with van der Waals surface area (Å²) in [4.78, 5) is 12.5. The Bertz CT molecular complexity index is 333. The van der Waals surface area contributed by atoms with Gasteiger partial charge in [-0.1, -0.05) is 0 Å².